The molecule has 0 unspecified atom stereocenters. The third kappa shape index (κ3) is 5.07. The Morgan fingerprint density at radius 2 is 1.83 bits per heavy atom. The van der Waals surface area contributed by atoms with Crippen molar-refractivity contribution in [2.45, 2.75) is 11.3 Å². The van der Waals surface area contributed by atoms with E-state index in [9.17, 15) is 13.2 Å². The Labute approximate surface area is 141 Å². The summed E-state index contributed by atoms with van der Waals surface area (Å²) in [4.78, 5) is 12.1. The minimum absolute atomic E-state index is 0.0379. The summed E-state index contributed by atoms with van der Waals surface area (Å²) in [6, 6.07) is 14.5. The van der Waals surface area contributed by atoms with Crippen LogP contribution in [0.15, 0.2) is 59.5 Å². The van der Waals surface area contributed by atoms with Crippen LogP contribution in [-0.4, -0.2) is 34.6 Å². The zero-order chi connectivity index (χ0) is 17.4. The van der Waals surface area contributed by atoms with Gasteiger partial charge in [0.05, 0.1) is 4.90 Å². The largest absolute Gasteiger partial charge is 0.385 e. The number of carbonyl (C=O) groups excluding carboxylic acids is 1. The first-order valence-electron chi connectivity index (χ1n) is 7.48. The molecule has 0 aliphatic carbocycles. The van der Waals surface area contributed by atoms with Crippen molar-refractivity contribution in [1.29, 1.82) is 0 Å². The molecule has 7 heteroatoms. The number of hydrogen-bond acceptors (Lipinski definition) is 4. The number of rotatable bonds is 8. The second-order valence-corrected chi connectivity index (χ2v) is 6.78. The number of sulfonamides is 1. The van der Waals surface area contributed by atoms with Gasteiger partial charge in [0.15, 0.2) is 0 Å². The minimum atomic E-state index is -3.75. The van der Waals surface area contributed by atoms with Crippen LogP contribution >= 0.6 is 0 Å². The van der Waals surface area contributed by atoms with Crippen LogP contribution in [0.3, 0.4) is 0 Å². The fourth-order valence-electron chi connectivity index (χ4n) is 2.05. The van der Waals surface area contributed by atoms with Crippen molar-refractivity contribution in [3.05, 3.63) is 60.2 Å². The van der Waals surface area contributed by atoms with Crippen LogP contribution in [0, 0.1) is 0 Å². The molecule has 0 atom stereocenters. The number of methoxy groups -OCH3 is 1. The Balaban J connectivity index is 2.10. The maximum Gasteiger partial charge on any atom is 0.261 e. The Hall–Kier alpha value is -2.38. The van der Waals surface area contributed by atoms with Gasteiger partial charge in [-0.05, 0) is 36.8 Å². The summed E-state index contributed by atoms with van der Waals surface area (Å²) in [5.74, 6) is -0.317. The Bertz CT molecular complexity index is 776. The van der Waals surface area contributed by atoms with Crippen molar-refractivity contribution in [1.82, 2.24) is 5.32 Å². The molecule has 0 radical (unpaired) electrons. The summed E-state index contributed by atoms with van der Waals surface area (Å²) < 4.78 is 32.2. The number of ether oxygens (including phenoxy) is 1. The van der Waals surface area contributed by atoms with Gasteiger partial charge in [-0.3, -0.25) is 9.52 Å². The average Bonchev–Trinajstić information content (AvgIpc) is 2.59. The van der Waals surface area contributed by atoms with Gasteiger partial charge in [0.1, 0.15) is 0 Å². The van der Waals surface area contributed by atoms with E-state index in [1.807, 2.05) is 0 Å². The van der Waals surface area contributed by atoms with E-state index >= 15 is 0 Å². The molecule has 2 rings (SSSR count). The zero-order valence-corrected chi connectivity index (χ0v) is 14.2. The highest BCUT2D eigenvalue weighted by molar-refractivity contribution is 7.92. The Kier molecular flexibility index (Phi) is 6.34. The molecular formula is C17H20N2O4S. The highest BCUT2D eigenvalue weighted by Gasteiger charge is 2.16. The lowest BCUT2D eigenvalue weighted by atomic mass is 10.2. The van der Waals surface area contributed by atoms with Crippen LogP contribution in [0.5, 0.6) is 0 Å². The number of hydrogen-bond donors (Lipinski definition) is 2. The smallest absolute Gasteiger partial charge is 0.261 e. The number of benzene rings is 2. The quantitative estimate of drug-likeness (QED) is 0.717. The maximum absolute atomic E-state index is 12.4. The first-order valence-corrected chi connectivity index (χ1v) is 8.96. The standard InChI is InChI=1S/C17H20N2O4S/c1-23-12-6-11-18-17(20)14-7-5-10-16(13-14)24(21,22)19-15-8-3-2-4-9-15/h2-5,7-10,13,19H,6,11-12H2,1H3,(H,18,20). The molecule has 2 aromatic carbocycles. The van der Waals surface area contributed by atoms with E-state index in [0.717, 1.165) is 0 Å². The molecule has 128 valence electrons. The van der Waals surface area contributed by atoms with Gasteiger partial charge in [-0.25, -0.2) is 8.42 Å². The number of amides is 1. The van der Waals surface area contributed by atoms with Crippen LogP contribution < -0.4 is 10.0 Å². The maximum atomic E-state index is 12.4. The molecule has 2 N–H and O–H groups in total. The summed E-state index contributed by atoms with van der Waals surface area (Å²) in [6.45, 7) is 1.02. The highest BCUT2D eigenvalue weighted by Crippen LogP contribution is 2.16. The molecule has 24 heavy (non-hydrogen) atoms. The topological polar surface area (TPSA) is 84.5 Å². The molecule has 0 aliphatic heterocycles. The number of para-hydroxylation sites is 1. The average molecular weight is 348 g/mol. The summed E-state index contributed by atoms with van der Waals surface area (Å²) in [5.41, 5.74) is 0.760. The van der Waals surface area contributed by atoms with E-state index in [2.05, 4.69) is 10.0 Å². The summed E-state index contributed by atoms with van der Waals surface area (Å²) >= 11 is 0. The van der Waals surface area contributed by atoms with Gasteiger partial charge >= 0.3 is 0 Å². The Morgan fingerprint density at radius 3 is 2.54 bits per heavy atom. The predicted octanol–water partition coefficient (Wildman–Crippen LogP) is 2.25. The van der Waals surface area contributed by atoms with Gasteiger partial charge in [-0.1, -0.05) is 24.3 Å². The molecule has 0 fully saturated rings. The fraction of sp³-hybridized carbons (Fsp3) is 0.235. The molecule has 0 saturated carbocycles. The molecule has 0 bridgehead atoms. The van der Waals surface area contributed by atoms with E-state index in [0.29, 0.717) is 30.8 Å². The molecule has 0 heterocycles. The van der Waals surface area contributed by atoms with Crippen molar-refractivity contribution >= 4 is 21.6 Å². The fourth-order valence-corrected chi connectivity index (χ4v) is 3.15. The van der Waals surface area contributed by atoms with Crippen molar-refractivity contribution in [2.75, 3.05) is 25.0 Å². The zero-order valence-electron chi connectivity index (χ0n) is 13.4. The number of anilines is 1. The van der Waals surface area contributed by atoms with Crippen molar-refractivity contribution in [3.63, 3.8) is 0 Å². The van der Waals surface area contributed by atoms with Crippen LogP contribution in [0.2, 0.25) is 0 Å². The minimum Gasteiger partial charge on any atom is -0.385 e. The molecule has 0 saturated heterocycles. The lowest BCUT2D eigenvalue weighted by Crippen LogP contribution is -2.25. The molecule has 0 aliphatic rings. The second kappa shape index (κ2) is 8.47. The van der Waals surface area contributed by atoms with Crippen molar-refractivity contribution < 1.29 is 17.9 Å². The lowest BCUT2D eigenvalue weighted by molar-refractivity contribution is 0.0948. The molecule has 0 spiro atoms. The SMILES string of the molecule is COCCCNC(=O)c1cccc(S(=O)(=O)Nc2ccccc2)c1. The van der Waals surface area contributed by atoms with E-state index in [1.54, 1.807) is 49.6 Å². The van der Waals surface area contributed by atoms with Crippen LogP contribution in [0.1, 0.15) is 16.8 Å². The van der Waals surface area contributed by atoms with Gasteiger partial charge in [0, 0.05) is 31.5 Å². The van der Waals surface area contributed by atoms with E-state index in [1.165, 1.54) is 12.1 Å². The monoisotopic (exact) mass is 348 g/mol. The molecule has 0 aromatic heterocycles. The van der Waals surface area contributed by atoms with Gasteiger partial charge in [0.2, 0.25) is 0 Å². The Morgan fingerprint density at radius 1 is 1.08 bits per heavy atom. The van der Waals surface area contributed by atoms with Gasteiger partial charge in [0.25, 0.3) is 15.9 Å². The van der Waals surface area contributed by atoms with E-state index in [-0.39, 0.29) is 10.8 Å². The van der Waals surface area contributed by atoms with Gasteiger partial charge < -0.3 is 10.1 Å². The van der Waals surface area contributed by atoms with E-state index < -0.39 is 10.0 Å². The summed E-state index contributed by atoms with van der Waals surface area (Å²) in [7, 11) is -2.16. The third-order valence-electron chi connectivity index (χ3n) is 3.24. The van der Waals surface area contributed by atoms with Gasteiger partial charge in [-0.2, -0.15) is 0 Å². The number of nitrogens with one attached hydrogen (secondary N) is 2. The van der Waals surface area contributed by atoms with Crippen molar-refractivity contribution in [2.24, 2.45) is 0 Å². The van der Waals surface area contributed by atoms with Crippen LogP contribution in [0.25, 0.3) is 0 Å². The predicted molar refractivity (Wildman–Crippen MR) is 92.5 cm³/mol. The highest BCUT2D eigenvalue weighted by atomic mass is 32.2. The third-order valence-corrected chi connectivity index (χ3v) is 4.62. The first kappa shape index (κ1) is 18.0. The van der Waals surface area contributed by atoms with Crippen molar-refractivity contribution in [3.8, 4) is 0 Å². The lowest BCUT2D eigenvalue weighted by Gasteiger charge is -2.10. The van der Waals surface area contributed by atoms with Crippen LogP contribution in [0.4, 0.5) is 5.69 Å². The molecule has 6 nitrogen and oxygen atoms in total. The number of carbonyl (C=O) groups is 1. The summed E-state index contributed by atoms with van der Waals surface area (Å²) in [6.07, 6.45) is 0.690. The molecular weight excluding hydrogens is 328 g/mol. The van der Waals surface area contributed by atoms with Gasteiger partial charge in [-0.15, -0.1) is 0 Å². The molecule has 2 aromatic rings. The molecule has 1 amide bonds. The summed E-state index contributed by atoms with van der Waals surface area (Å²) in [5, 5.41) is 2.73. The second-order valence-electron chi connectivity index (χ2n) is 5.10. The van der Waals surface area contributed by atoms with Crippen LogP contribution in [-0.2, 0) is 14.8 Å². The van der Waals surface area contributed by atoms with E-state index in [4.69, 9.17) is 4.74 Å². The first-order chi connectivity index (χ1) is 11.5. The normalized spacial score (nSPS) is 11.0.